The molecule has 0 aromatic carbocycles. The summed E-state index contributed by atoms with van der Waals surface area (Å²) in [5, 5.41) is 6.21. The molecule has 20 heavy (non-hydrogen) atoms. The van der Waals surface area contributed by atoms with Crippen molar-refractivity contribution in [3.05, 3.63) is 0 Å². The summed E-state index contributed by atoms with van der Waals surface area (Å²) in [6.45, 7) is 1.85. The standard InChI is InChI=1S/C14H26N2O3S/c1-2-20(18,19)10-9-15-14(17)13-8-7-11-5-3-4-6-12(11)16-13/h11-13,16H,2-10H2,1H3,(H,15,17). The number of hydrogen-bond donors (Lipinski definition) is 2. The van der Waals surface area contributed by atoms with Gasteiger partial charge in [0.05, 0.1) is 11.8 Å². The molecule has 2 aliphatic rings. The Morgan fingerprint density at radius 1 is 1.20 bits per heavy atom. The van der Waals surface area contributed by atoms with E-state index >= 15 is 0 Å². The van der Waals surface area contributed by atoms with Gasteiger partial charge in [-0.3, -0.25) is 4.79 Å². The molecule has 2 fully saturated rings. The molecule has 0 spiro atoms. The number of piperidine rings is 1. The topological polar surface area (TPSA) is 75.3 Å². The molecule has 1 heterocycles. The largest absolute Gasteiger partial charge is 0.354 e. The monoisotopic (exact) mass is 302 g/mol. The van der Waals surface area contributed by atoms with Crippen LogP contribution < -0.4 is 10.6 Å². The Kier molecular flexibility index (Phi) is 5.43. The van der Waals surface area contributed by atoms with Crippen molar-refractivity contribution >= 4 is 15.7 Å². The van der Waals surface area contributed by atoms with Gasteiger partial charge in [-0.15, -0.1) is 0 Å². The fourth-order valence-corrected chi connectivity index (χ4v) is 4.00. The van der Waals surface area contributed by atoms with Crippen LogP contribution in [0.15, 0.2) is 0 Å². The summed E-state index contributed by atoms with van der Waals surface area (Å²) in [5.41, 5.74) is 0. The fraction of sp³-hybridized carbons (Fsp3) is 0.929. The number of fused-ring (bicyclic) bond motifs is 1. The summed E-state index contributed by atoms with van der Waals surface area (Å²) < 4.78 is 22.8. The van der Waals surface area contributed by atoms with Gasteiger partial charge in [-0.05, 0) is 31.6 Å². The van der Waals surface area contributed by atoms with E-state index in [1.54, 1.807) is 6.92 Å². The van der Waals surface area contributed by atoms with Crippen LogP contribution in [0.5, 0.6) is 0 Å². The second-order valence-corrected chi connectivity index (χ2v) is 8.45. The lowest BCUT2D eigenvalue weighted by Gasteiger charge is -2.39. The van der Waals surface area contributed by atoms with Crippen LogP contribution in [-0.2, 0) is 14.6 Å². The van der Waals surface area contributed by atoms with Crippen LogP contribution in [0.1, 0.15) is 45.4 Å². The highest BCUT2D eigenvalue weighted by Gasteiger charge is 2.34. The fourth-order valence-electron chi connectivity index (χ4n) is 3.30. The van der Waals surface area contributed by atoms with Crippen molar-refractivity contribution in [1.82, 2.24) is 10.6 Å². The number of sulfone groups is 1. The van der Waals surface area contributed by atoms with E-state index in [2.05, 4.69) is 10.6 Å². The number of hydrogen-bond acceptors (Lipinski definition) is 4. The predicted octanol–water partition coefficient (Wildman–Crippen LogP) is 0.848. The van der Waals surface area contributed by atoms with Gasteiger partial charge in [0, 0.05) is 18.3 Å². The number of carbonyl (C=O) groups is 1. The minimum atomic E-state index is -3.00. The molecule has 3 unspecified atom stereocenters. The Labute approximate surface area is 121 Å². The van der Waals surface area contributed by atoms with Crippen LogP contribution >= 0.6 is 0 Å². The molecule has 1 aliphatic carbocycles. The Balaban J connectivity index is 1.76. The van der Waals surface area contributed by atoms with Gasteiger partial charge in [-0.2, -0.15) is 0 Å². The lowest BCUT2D eigenvalue weighted by molar-refractivity contribution is -0.124. The van der Waals surface area contributed by atoms with E-state index in [1.807, 2.05) is 0 Å². The average Bonchev–Trinajstić information content (AvgIpc) is 2.46. The molecule has 2 N–H and O–H groups in total. The maximum absolute atomic E-state index is 12.1. The Bertz CT molecular complexity index is 436. The molecule has 1 aliphatic heterocycles. The lowest BCUT2D eigenvalue weighted by atomic mass is 9.77. The number of rotatable bonds is 5. The van der Waals surface area contributed by atoms with Gasteiger partial charge in [0.2, 0.25) is 5.91 Å². The summed E-state index contributed by atoms with van der Waals surface area (Å²) in [5.74, 6) is 0.857. The minimum absolute atomic E-state index is 0.0357. The summed E-state index contributed by atoms with van der Waals surface area (Å²) in [4.78, 5) is 12.1. The third-order valence-electron chi connectivity index (χ3n) is 4.62. The van der Waals surface area contributed by atoms with Crippen molar-refractivity contribution in [3.63, 3.8) is 0 Å². The van der Waals surface area contributed by atoms with E-state index in [1.165, 1.54) is 25.7 Å². The van der Waals surface area contributed by atoms with Crippen molar-refractivity contribution in [2.45, 2.75) is 57.5 Å². The Morgan fingerprint density at radius 2 is 1.95 bits per heavy atom. The summed E-state index contributed by atoms with van der Waals surface area (Å²) in [6, 6.07) is 0.339. The zero-order valence-electron chi connectivity index (χ0n) is 12.2. The summed E-state index contributed by atoms with van der Waals surface area (Å²) >= 11 is 0. The molecule has 6 heteroatoms. The summed E-state index contributed by atoms with van der Waals surface area (Å²) in [7, 11) is -3.00. The molecule has 5 nitrogen and oxygen atoms in total. The van der Waals surface area contributed by atoms with Crippen molar-refractivity contribution in [2.24, 2.45) is 5.92 Å². The average molecular weight is 302 g/mol. The number of amides is 1. The van der Waals surface area contributed by atoms with Gasteiger partial charge >= 0.3 is 0 Å². The smallest absolute Gasteiger partial charge is 0.237 e. The normalized spacial score (nSPS) is 30.6. The molecule has 3 atom stereocenters. The van der Waals surface area contributed by atoms with E-state index < -0.39 is 9.84 Å². The molecule has 116 valence electrons. The third-order valence-corrected chi connectivity index (χ3v) is 6.32. The van der Waals surface area contributed by atoms with Gasteiger partial charge in [0.25, 0.3) is 0 Å². The second-order valence-electron chi connectivity index (χ2n) is 5.98. The zero-order valence-corrected chi connectivity index (χ0v) is 13.0. The van der Waals surface area contributed by atoms with Crippen LogP contribution in [0.2, 0.25) is 0 Å². The zero-order chi connectivity index (χ0) is 14.6. The molecule has 0 aromatic rings. The molecule has 0 bridgehead atoms. The van der Waals surface area contributed by atoms with E-state index in [-0.39, 0.29) is 30.0 Å². The minimum Gasteiger partial charge on any atom is -0.354 e. The number of carbonyl (C=O) groups excluding carboxylic acids is 1. The van der Waals surface area contributed by atoms with Gasteiger partial charge in [0.15, 0.2) is 9.84 Å². The van der Waals surface area contributed by atoms with Gasteiger partial charge in [0.1, 0.15) is 0 Å². The Morgan fingerprint density at radius 3 is 2.70 bits per heavy atom. The highest BCUT2D eigenvalue weighted by Crippen LogP contribution is 2.32. The summed E-state index contributed by atoms with van der Waals surface area (Å²) in [6.07, 6.45) is 6.99. The van der Waals surface area contributed by atoms with Crippen molar-refractivity contribution < 1.29 is 13.2 Å². The van der Waals surface area contributed by atoms with Crippen molar-refractivity contribution in [3.8, 4) is 0 Å². The first-order chi connectivity index (χ1) is 9.52. The van der Waals surface area contributed by atoms with E-state index in [4.69, 9.17) is 0 Å². The first-order valence-corrected chi connectivity index (χ1v) is 9.58. The molecule has 2 rings (SSSR count). The van der Waals surface area contributed by atoms with Crippen LogP contribution in [0.4, 0.5) is 0 Å². The molecular formula is C14H26N2O3S. The molecule has 1 saturated heterocycles. The maximum Gasteiger partial charge on any atom is 0.237 e. The molecular weight excluding hydrogens is 276 g/mol. The van der Waals surface area contributed by atoms with E-state index in [9.17, 15) is 13.2 Å². The van der Waals surface area contributed by atoms with E-state index in [0.717, 1.165) is 18.8 Å². The Hall–Kier alpha value is -0.620. The molecule has 0 radical (unpaired) electrons. The van der Waals surface area contributed by atoms with Gasteiger partial charge in [-0.1, -0.05) is 19.8 Å². The molecule has 1 amide bonds. The predicted molar refractivity (Wildman–Crippen MR) is 79.2 cm³/mol. The first kappa shape index (κ1) is 15.8. The van der Waals surface area contributed by atoms with Crippen LogP contribution in [0, 0.1) is 5.92 Å². The molecule has 1 saturated carbocycles. The van der Waals surface area contributed by atoms with Crippen LogP contribution in [0.3, 0.4) is 0 Å². The van der Waals surface area contributed by atoms with Crippen molar-refractivity contribution in [2.75, 3.05) is 18.1 Å². The van der Waals surface area contributed by atoms with Gasteiger partial charge < -0.3 is 10.6 Å². The molecule has 0 aromatic heterocycles. The highest BCUT2D eigenvalue weighted by atomic mass is 32.2. The van der Waals surface area contributed by atoms with Crippen molar-refractivity contribution in [1.29, 1.82) is 0 Å². The third kappa shape index (κ3) is 4.19. The van der Waals surface area contributed by atoms with Gasteiger partial charge in [-0.25, -0.2) is 8.42 Å². The lowest BCUT2D eigenvalue weighted by Crippen LogP contribution is -2.55. The van der Waals surface area contributed by atoms with E-state index in [0.29, 0.717) is 6.04 Å². The number of nitrogens with one attached hydrogen (secondary N) is 2. The highest BCUT2D eigenvalue weighted by molar-refractivity contribution is 7.91. The first-order valence-electron chi connectivity index (χ1n) is 7.76. The van der Waals surface area contributed by atoms with Crippen LogP contribution in [-0.4, -0.2) is 44.5 Å². The second kappa shape index (κ2) is 6.89. The quantitative estimate of drug-likeness (QED) is 0.789. The maximum atomic E-state index is 12.1. The SMILES string of the molecule is CCS(=O)(=O)CCNC(=O)C1CCC2CCCCC2N1. The van der Waals surface area contributed by atoms with Crippen LogP contribution in [0.25, 0.3) is 0 Å².